The first-order valence-electron chi connectivity index (χ1n) is 4.03. The first-order valence-corrected chi connectivity index (χ1v) is 4.03. The van der Waals surface area contributed by atoms with Gasteiger partial charge in [0.2, 0.25) is 6.08 Å². The molecule has 0 saturated carbocycles. The number of isocyanates is 1. The lowest BCUT2D eigenvalue weighted by Gasteiger charge is -2.01. The van der Waals surface area contributed by atoms with Crippen LogP contribution < -0.4 is 4.74 Å². The van der Waals surface area contributed by atoms with Crippen LogP contribution in [-0.4, -0.2) is 19.7 Å². The molecule has 13 heavy (non-hydrogen) atoms. The van der Waals surface area contributed by atoms with E-state index >= 15 is 0 Å². The molecule has 0 saturated heterocycles. The molecule has 1 aromatic rings. The summed E-state index contributed by atoms with van der Waals surface area (Å²) in [4.78, 5) is 13.3. The highest BCUT2D eigenvalue weighted by molar-refractivity contribution is 5.33. The Labute approximate surface area is 77.1 Å². The van der Waals surface area contributed by atoms with E-state index in [4.69, 9.17) is 4.74 Å². The van der Waals surface area contributed by atoms with Crippen molar-refractivity contribution in [2.24, 2.45) is 4.99 Å². The molecular formula is C10H11NO2. The minimum atomic E-state index is 0.483. The summed E-state index contributed by atoms with van der Waals surface area (Å²) in [6, 6.07) is 7.70. The van der Waals surface area contributed by atoms with E-state index in [0.29, 0.717) is 6.54 Å². The maximum atomic E-state index is 9.80. The van der Waals surface area contributed by atoms with Crippen molar-refractivity contribution >= 4 is 6.08 Å². The van der Waals surface area contributed by atoms with Crippen LogP contribution in [0.25, 0.3) is 0 Å². The zero-order valence-corrected chi connectivity index (χ0v) is 7.49. The van der Waals surface area contributed by atoms with Crippen LogP contribution in [0.3, 0.4) is 0 Å². The molecular weight excluding hydrogens is 166 g/mol. The quantitative estimate of drug-likeness (QED) is 0.517. The highest BCUT2D eigenvalue weighted by atomic mass is 16.5. The topological polar surface area (TPSA) is 38.7 Å². The lowest BCUT2D eigenvalue weighted by atomic mass is 10.1. The van der Waals surface area contributed by atoms with Gasteiger partial charge < -0.3 is 4.74 Å². The normalized spacial score (nSPS) is 9.00. The van der Waals surface area contributed by atoms with E-state index in [1.54, 1.807) is 7.11 Å². The van der Waals surface area contributed by atoms with Gasteiger partial charge in [-0.05, 0) is 24.1 Å². The van der Waals surface area contributed by atoms with Crippen molar-refractivity contribution in [2.45, 2.75) is 6.42 Å². The van der Waals surface area contributed by atoms with E-state index in [9.17, 15) is 4.79 Å². The zero-order valence-electron chi connectivity index (χ0n) is 7.49. The highest BCUT2D eigenvalue weighted by Crippen LogP contribution is 2.12. The Hall–Kier alpha value is -1.60. The lowest BCUT2D eigenvalue weighted by molar-refractivity contribution is 0.414. The van der Waals surface area contributed by atoms with Crippen LogP contribution in [0.5, 0.6) is 5.75 Å². The number of benzene rings is 1. The van der Waals surface area contributed by atoms with Crippen LogP contribution >= 0.6 is 0 Å². The van der Waals surface area contributed by atoms with E-state index < -0.39 is 0 Å². The van der Waals surface area contributed by atoms with E-state index in [0.717, 1.165) is 17.7 Å². The molecule has 0 fully saturated rings. The van der Waals surface area contributed by atoms with Gasteiger partial charge in [-0.2, -0.15) is 0 Å². The Morgan fingerprint density at radius 3 is 3.08 bits per heavy atom. The number of hydrogen-bond acceptors (Lipinski definition) is 3. The molecule has 1 rings (SSSR count). The van der Waals surface area contributed by atoms with Crippen LogP contribution in [-0.2, 0) is 11.2 Å². The standard InChI is InChI=1S/C10H11NO2/c1-13-10-4-2-3-9(7-10)5-6-11-8-12/h2-4,7H,5-6H2,1H3. The second-order valence-corrected chi connectivity index (χ2v) is 2.57. The van der Waals surface area contributed by atoms with Gasteiger partial charge in [0.25, 0.3) is 0 Å². The van der Waals surface area contributed by atoms with Gasteiger partial charge in [-0.15, -0.1) is 0 Å². The molecule has 3 heteroatoms. The van der Waals surface area contributed by atoms with Gasteiger partial charge in [0.1, 0.15) is 5.75 Å². The Bertz CT molecular complexity index is 316. The number of hydrogen-bond donors (Lipinski definition) is 0. The van der Waals surface area contributed by atoms with Crippen molar-refractivity contribution in [3.05, 3.63) is 29.8 Å². The Morgan fingerprint density at radius 2 is 2.38 bits per heavy atom. The number of aliphatic imine (C=N–C) groups is 1. The second-order valence-electron chi connectivity index (χ2n) is 2.57. The predicted molar refractivity (Wildman–Crippen MR) is 49.7 cm³/mol. The average molecular weight is 177 g/mol. The minimum Gasteiger partial charge on any atom is -0.497 e. The Morgan fingerprint density at radius 1 is 1.54 bits per heavy atom. The number of ether oxygens (including phenoxy) is 1. The van der Waals surface area contributed by atoms with Crippen molar-refractivity contribution < 1.29 is 9.53 Å². The summed E-state index contributed by atoms with van der Waals surface area (Å²) in [5, 5.41) is 0. The van der Waals surface area contributed by atoms with Crippen LogP contribution in [0.15, 0.2) is 29.3 Å². The minimum absolute atomic E-state index is 0.483. The molecule has 0 radical (unpaired) electrons. The molecule has 0 bridgehead atoms. The average Bonchev–Trinajstić information content (AvgIpc) is 2.19. The monoisotopic (exact) mass is 177 g/mol. The molecule has 0 aliphatic heterocycles. The smallest absolute Gasteiger partial charge is 0.234 e. The van der Waals surface area contributed by atoms with E-state index in [1.807, 2.05) is 24.3 Å². The number of methoxy groups -OCH3 is 1. The molecule has 0 unspecified atom stereocenters. The Kier molecular flexibility index (Phi) is 3.74. The molecule has 0 aliphatic carbocycles. The fourth-order valence-corrected chi connectivity index (χ4v) is 1.06. The van der Waals surface area contributed by atoms with Crippen LogP contribution in [0.1, 0.15) is 5.56 Å². The number of nitrogens with zero attached hydrogens (tertiary/aromatic N) is 1. The fraction of sp³-hybridized carbons (Fsp3) is 0.300. The van der Waals surface area contributed by atoms with Gasteiger partial charge in [-0.25, -0.2) is 9.79 Å². The third-order valence-electron chi connectivity index (χ3n) is 1.71. The van der Waals surface area contributed by atoms with Crippen LogP contribution in [0, 0.1) is 0 Å². The third kappa shape index (κ3) is 3.09. The maximum absolute atomic E-state index is 9.80. The summed E-state index contributed by atoms with van der Waals surface area (Å²) in [6.07, 6.45) is 2.25. The summed E-state index contributed by atoms with van der Waals surface area (Å²) >= 11 is 0. The number of carbonyl (C=O) groups excluding carboxylic acids is 1. The molecule has 3 nitrogen and oxygen atoms in total. The summed E-state index contributed by atoms with van der Waals surface area (Å²) < 4.78 is 5.05. The van der Waals surface area contributed by atoms with E-state index in [-0.39, 0.29) is 0 Å². The first-order chi connectivity index (χ1) is 6.36. The molecule has 0 atom stereocenters. The summed E-state index contributed by atoms with van der Waals surface area (Å²) in [5.74, 6) is 0.826. The van der Waals surface area contributed by atoms with Gasteiger partial charge in [0.05, 0.1) is 13.7 Å². The lowest BCUT2D eigenvalue weighted by Crippen LogP contribution is -1.90. The van der Waals surface area contributed by atoms with Crippen molar-refractivity contribution in [3.8, 4) is 5.75 Å². The van der Waals surface area contributed by atoms with Crippen molar-refractivity contribution in [1.29, 1.82) is 0 Å². The van der Waals surface area contributed by atoms with Gasteiger partial charge >= 0.3 is 0 Å². The SMILES string of the molecule is COc1cccc(CCN=C=O)c1. The van der Waals surface area contributed by atoms with Gasteiger partial charge in [0.15, 0.2) is 0 Å². The molecule has 0 spiro atoms. The fourth-order valence-electron chi connectivity index (χ4n) is 1.06. The molecule has 68 valence electrons. The second kappa shape index (κ2) is 5.12. The van der Waals surface area contributed by atoms with Gasteiger partial charge in [-0.1, -0.05) is 12.1 Å². The van der Waals surface area contributed by atoms with Crippen molar-refractivity contribution in [2.75, 3.05) is 13.7 Å². The molecule has 1 aromatic carbocycles. The zero-order chi connectivity index (χ0) is 9.52. The van der Waals surface area contributed by atoms with Crippen LogP contribution in [0.4, 0.5) is 0 Å². The van der Waals surface area contributed by atoms with Gasteiger partial charge in [0, 0.05) is 0 Å². The molecule has 0 aromatic heterocycles. The predicted octanol–water partition coefficient (Wildman–Crippen LogP) is 1.57. The summed E-state index contributed by atoms with van der Waals surface area (Å²) in [5.41, 5.74) is 1.11. The first kappa shape index (κ1) is 9.49. The molecule has 0 amide bonds. The highest BCUT2D eigenvalue weighted by Gasteiger charge is 1.94. The maximum Gasteiger partial charge on any atom is 0.234 e. The molecule has 0 heterocycles. The van der Waals surface area contributed by atoms with E-state index in [2.05, 4.69) is 4.99 Å². The van der Waals surface area contributed by atoms with Crippen molar-refractivity contribution in [1.82, 2.24) is 0 Å². The molecule has 0 aliphatic rings. The summed E-state index contributed by atoms with van der Waals surface area (Å²) in [7, 11) is 1.63. The van der Waals surface area contributed by atoms with E-state index in [1.165, 1.54) is 6.08 Å². The number of rotatable bonds is 4. The largest absolute Gasteiger partial charge is 0.497 e. The third-order valence-corrected chi connectivity index (χ3v) is 1.71. The Balaban J connectivity index is 2.60. The molecule has 0 N–H and O–H groups in total. The van der Waals surface area contributed by atoms with Crippen molar-refractivity contribution in [3.63, 3.8) is 0 Å². The van der Waals surface area contributed by atoms with Gasteiger partial charge in [-0.3, -0.25) is 0 Å². The summed E-state index contributed by atoms with van der Waals surface area (Å²) in [6.45, 7) is 0.483. The van der Waals surface area contributed by atoms with Crippen LogP contribution in [0.2, 0.25) is 0 Å².